The molecule has 6 heteroatoms. The number of hydrogen-bond acceptors (Lipinski definition) is 3. The normalized spacial score (nSPS) is 15.9. The van der Waals surface area contributed by atoms with Gasteiger partial charge in [0.1, 0.15) is 6.04 Å². The first-order chi connectivity index (χ1) is 10.0. The van der Waals surface area contributed by atoms with Crippen LogP contribution in [-0.4, -0.2) is 23.0 Å². The number of aliphatic carboxylic acids is 1. The second kappa shape index (κ2) is 5.66. The summed E-state index contributed by atoms with van der Waals surface area (Å²) in [5.74, 6) is -1.13. The minimum absolute atomic E-state index is 0.0834. The molecule has 110 valence electrons. The van der Waals surface area contributed by atoms with Crippen LogP contribution in [0.15, 0.2) is 23.6 Å². The summed E-state index contributed by atoms with van der Waals surface area (Å²) in [7, 11) is 0. The Morgan fingerprint density at radius 1 is 1.43 bits per heavy atom. The van der Waals surface area contributed by atoms with E-state index in [1.807, 2.05) is 23.6 Å². The van der Waals surface area contributed by atoms with Crippen LogP contribution in [0.4, 0.5) is 0 Å². The van der Waals surface area contributed by atoms with Crippen LogP contribution < -0.4 is 5.32 Å². The van der Waals surface area contributed by atoms with Gasteiger partial charge in [-0.15, -0.1) is 11.3 Å². The van der Waals surface area contributed by atoms with E-state index in [-0.39, 0.29) is 18.2 Å². The van der Waals surface area contributed by atoms with Gasteiger partial charge in [0, 0.05) is 9.72 Å². The summed E-state index contributed by atoms with van der Waals surface area (Å²) in [6, 6.07) is 4.82. The summed E-state index contributed by atoms with van der Waals surface area (Å²) in [6.07, 6.45) is 1.92. The summed E-state index contributed by atoms with van der Waals surface area (Å²) >= 11 is 7.54. The first kappa shape index (κ1) is 14.4. The van der Waals surface area contributed by atoms with Crippen molar-refractivity contribution in [3.63, 3.8) is 0 Å². The number of halogens is 1. The van der Waals surface area contributed by atoms with E-state index in [2.05, 4.69) is 5.32 Å². The average Bonchev–Trinajstić information content (AvgIpc) is 3.20. The molecule has 1 saturated carbocycles. The predicted molar refractivity (Wildman–Crippen MR) is 82.8 cm³/mol. The molecular formula is C15H14ClNO3S. The standard InChI is InChI=1S/C15H14ClNO3S/c16-10-3-4-12-11(6-10)9(7-21-12)5-13(18)17-14(15(19)20)8-1-2-8/h3-4,6-8,14H,1-2,5H2,(H,17,18)(H,19,20). The number of thiophene rings is 1. The topological polar surface area (TPSA) is 66.4 Å². The van der Waals surface area contributed by atoms with E-state index in [1.165, 1.54) is 0 Å². The lowest BCUT2D eigenvalue weighted by Crippen LogP contribution is -2.43. The number of amides is 1. The fraction of sp³-hybridized carbons (Fsp3) is 0.333. The van der Waals surface area contributed by atoms with Crippen molar-refractivity contribution in [2.75, 3.05) is 0 Å². The highest BCUT2D eigenvalue weighted by Gasteiger charge is 2.37. The van der Waals surface area contributed by atoms with Crippen molar-refractivity contribution in [2.24, 2.45) is 5.92 Å². The Kier molecular flexibility index (Phi) is 3.87. The lowest BCUT2D eigenvalue weighted by molar-refractivity contribution is -0.142. The number of hydrogen-bond donors (Lipinski definition) is 2. The second-order valence-electron chi connectivity index (χ2n) is 5.30. The second-order valence-corrected chi connectivity index (χ2v) is 6.65. The third-order valence-electron chi connectivity index (χ3n) is 3.64. The van der Waals surface area contributed by atoms with Gasteiger partial charge >= 0.3 is 5.97 Å². The van der Waals surface area contributed by atoms with Crippen LogP contribution in [0.2, 0.25) is 5.02 Å². The molecule has 0 bridgehead atoms. The Bertz CT molecular complexity index is 708. The van der Waals surface area contributed by atoms with Crippen LogP contribution in [0.3, 0.4) is 0 Å². The Balaban J connectivity index is 1.74. The highest BCUT2D eigenvalue weighted by molar-refractivity contribution is 7.17. The van der Waals surface area contributed by atoms with Gasteiger partial charge in [0.15, 0.2) is 0 Å². The van der Waals surface area contributed by atoms with Crippen molar-refractivity contribution in [1.29, 1.82) is 0 Å². The van der Waals surface area contributed by atoms with Crippen LogP contribution in [0, 0.1) is 5.92 Å². The van der Waals surface area contributed by atoms with Crippen molar-refractivity contribution < 1.29 is 14.7 Å². The summed E-state index contributed by atoms with van der Waals surface area (Å²) in [6.45, 7) is 0. The van der Waals surface area contributed by atoms with Gasteiger partial charge in [-0.2, -0.15) is 0 Å². The van der Waals surface area contributed by atoms with Gasteiger partial charge in [-0.3, -0.25) is 4.79 Å². The zero-order valence-electron chi connectivity index (χ0n) is 11.1. The van der Waals surface area contributed by atoms with Crippen LogP contribution in [0.25, 0.3) is 10.1 Å². The lowest BCUT2D eigenvalue weighted by Gasteiger charge is -2.13. The van der Waals surface area contributed by atoms with E-state index in [0.29, 0.717) is 5.02 Å². The molecule has 21 heavy (non-hydrogen) atoms. The zero-order valence-corrected chi connectivity index (χ0v) is 12.7. The van der Waals surface area contributed by atoms with Gasteiger partial charge in [-0.05, 0) is 53.3 Å². The van der Waals surface area contributed by atoms with Crippen molar-refractivity contribution in [1.82, 2.24) is 5.32 Å². The quantitative estimate of drug-likeness (QED) is 0.888. The highest BCUT2D eigenvalue weighted by atomic mass is 35.5. The SMILES string of the molecule is O=C(Cc1csc2ccc(Cl)cc12)NC(C(=O)O)C1CC1. The Hall–Kier alpha value is -1.59. The summed E-state index contributed by atoms with van der Waals surface area (Å²) in [4.78, 5) is 23.2. The highest BCUT2D eigenvalue weighted by Crippen LogP contribution is 2.33. The minimum atomic E-state index is -0.955. The number of fused-ring (bicyclic) bond motifs is 1. The number of carboxylic acid groups (broad SMARTS) is 1. The molecule has 2 N–H and O–H groups in total. The number of carboxylic acids is 1. The van der Waals surface area contributed by atoms with E-state index < -0.39 is 12.0 Å². The maximum absolute atomic E-state index is 12.1. The van der Waals surface area contributed by atoms with Crippen LogP contribution in [-0.2, 0) is 16.0 Å². The van der Waals surface area contributed by atoms with E-state index in [0.717, 1.165) is 28.5 Å². The molecule has 1 fully saturated rings. The Labute approximate surface area is 130 Å². The van der Waals surface area contributed by atoms with E-state index in [9.17, 15) is 9.59 Å². The number of carbonyl (C=O) groups excluding carboxylic acids is 1. The number of nitrogens with one attached hydrogen (secondary N) is 1. The lowest BCUT2D eigenvalue weighted by atomic mass is 10.1. The predicted octanol–water partition coefficient (Wildman–Crippen LogP) is 3.08. The largest absolute Gasteiger partial charge is 0.480 e. The molecule has 1 aromatic heterocycles. The van der Waals surface area contributed by atoms with E-state index in [4.69, 9.17) is 16.7 Å². The average molecular weight is 324 g/mol. The van der Waals surface area contributed by atoms with Gasteiger partial charge in [0.25, 0.3) is 0 Å². The van der Waals surface area contributed by atoms with Crippen molar-refractivity contribution >= 4 is 44.9 Å². The summed E-state index contributed by atoms with van der Waals surface area (Å²) < 4.78 is 1.07. The molecule has 0 radical (unpaired) electrons. The molecule has 4 nitrogen and oxygen atoms in total. The molecule has 0 saturated heterocycles. The van der Waals surface area contributed by atoms with Gasteiger partial charge in [0.05, 0.1) is 6.42 Å². The Morgan fingerprint density at radius 2 is 2.19 bits per heavy atom. The first-order valence-electron chi connectivity index (χ1n) is 6.72. The van der Waals surface area contributed by atoms with Gasteiger partial charge in [-0.25, -0.2) is 4.79 Å². The van der Waals surface area contributed by atoms with E-state index >= 15 is 0 Å². The number of benzene rings is 1. The van der Waals surface area contributed by atoms with E-state index in [1.54, 1.807) is 11.3 Å². The molecule has 1 aliphatic rings. The molecule has 2 aromatic rings. The molecular weight excluding hydrogens is 310 g/mol. The first-order valence-corrected chi connectivity index (χ1v) is 7.98. The molecule has 1 atom stereocenters. The number of carbonyl (C=O) groups is 2. The maximum atomic E-state index is 12.1. The smallest absolute Gasteiger partial charge is 0.326 e. The molecule has 1 amide bonds. The third-order valence-corrected chi connectivity index (χ3v) is 4.89. The molecule has 1 aromatic carbocycles. The maximum Gasteiger partial charge on any atom is 0.326 e. The van der Waals surface area contributed by atoms with Gasteiger partial charge in [0.2, 0.25) is 5.91 Å². The zero-order chi connectivity index (χ0) is 15.0. The third kappa shape index (κ3) is 3.19. The fourth-order valence-electron chi connectivity index (χ4n) is 2.40. The molecule has 0 spiro atoms. The van der Waals surface area contributed by atoms with Crippen molar-refractivity contribution in [3.8, 4) is 0 Å². The van der Waals surface area contributed by atoms with Gasteiger partial charge in [-0.1, -0.05) is 11.6 Å². The Morgan fingerprint density at radius 3 is 2.86 bits per heavy atom. The molecule has 1 aliphatic carbocycles. The fourth-order valence-corrected chi connectivity index (χ4v) is 3.51. The van der Waals surface area contributed by atoms with Crippen LogP contribution in [0.5, 0.6) is 0 Å². The summed E-state index contributed by atoms with van der Waals surface area (Å²) in [5.41, 5.74) is 0.884. The molecule has 0 aliphatic heterocycles. The molecule has 1 heterocycles. The molecule has 3 rings (SSSR count). The van der Waals surface area contributed by atoms with Crippen LogP contribution >= 0.6 is 22.9 Å². The monoisotopic (exact) mass is 323 g/mol. The minimum Gasteiger partial charge on any atom is -0.480 e. The van der Waals surface area contributed by atoms with Crippen LogP contribution in [0.1, 0.15) is 18.4 Å². The summed E-state index contributed by atoms with van der Waals surface area (Å²) in [5, 5.41) is 15.3. The van der Waals surface area contributed by atoms with Crippen molar-refractivity contribution in [3.05, 3.63) is 34.2 Å². The number of rotatable bonds is 5. The van der Waals surface area contributed by atoms with Crippen molar-refractivity contribution in [2.45, 2.75) is 25.3 Å². The molecule has 1 unspecified atom stereocenters. The van der Waals surface area contributed by atoms with Gasteiger partial charge < -0.3 is 10.4 Å².